The van der Waals surface area contributed by atoms with E-state index in [-0.39, 0.29) is 11.6 Å². The van der Waals surface area contributed by atoms with Crippen molar-refractivity contribution in [3.63, 3.8) is 0 Å². The van der Waals surface area contributed by atoms with Gasteiger partial charge in [-0.05, 0) is 48.2 Å². The van der Waals surface area contributed by atoms with E-state index in [9.17, 15) is 4.79 Å². The number of cyclic esters (lactones) is 1. The lowest BCUT2D eigenvalue weighted by Crippen LogP contribution is -2.05. The standard InChI is InChI=1S/C17H11Cl2NO2S/c1-23-12-5-2-10(3-6-12)8-15-17(21)22-16(20-15)11-4-7-13(18)14(19)9-11/h2-9H,1H3. The number of nitrogens with zero attached hydrogens (tertiary/aromatic N) is 1. The fraction of sp³-hybridized carbons (Fsp3) is 0.0588. The number of rotatable bonds is 3. The molecule has 1 aliphatic heterocycles. The predicted octanol–water partition coefficient (Wildman–Crippen LogP) is 5.06. The maximum Gasteiger partial charge on any atom is 0.363 e. The van der Waals surface area contributed by atoms with Crippen LogP contribution in [0.2, 0.25) is 10.0 Å². The number of esters is 1. The van der Waals surface area contributed by atoms with Crippen molar-refractivity contribution < 1.29 is 9.53 Å². The molecule has 0 amide bonds. The molecule has 1 heterocycles. The van der Waals surface area contributed by atoms with E-state index < -0.39 is 5.97 Å². The quantitative estimate of drug-likeness (QED) is 0.434. The molecule has 2 aromatic carbocycles. The highest BCUT2D eigenvalue weighted by Crippen LogP contribution is 2.26. The smallest absolute Gasteiger partial charge is 0.363 e. The molecule has 0 spiro atoms. The molecule has 3 nitrogen and oxygen atoms in total. The zero-order valence-electron chi connectivity index (χ0n) is 12.0. The highest BCUT2D eigenvalue weighted by atomic mass is 35.5. The van der Waals surface area contributed by atoms with Crippen molar-refractivity contribution >= 4 is 52.9 Å². The molecule has 0 N–H and O–H groups in total. The third-order valence-corrected chi connectivity index (χ3v) is 4.69. The van der Waals surface area contributed by atoms with Crippen LogP contribution in [0, 0.1) is 0 Å². The largest absolute Gasteiger partial charge is 0.402 e. The molecule has 2 aromatic rings. The van der Waals surface area contributed by atoms with E-state index >= 15 is 0 Å². The lowest BCUT2D eigenvalue weighted by atomic mass is 10.2. The van der Waals surface area contributed by atoms with Gasteiger partial charge in [-0.15, -0.1) is 11.8 Å². The molecule has 6 heteroatoms. The van der Waals surface area contributed by atoms with Gasteiger partial charge in [-0.2, -0.15) is 0 Å². The number of hydrogen-bond acceptors (Lipinski definition) is 4. The van der Waals surface area contributed by atoms with Gasteiger partial charge in [0.1, 0.15) is 0 Å². The van der Waals surface area contributed by atoms with Crippen molar-refractivity contribution in [2.24, 2.45) is 4.99 Å². The number of carbonyl (C=O) groups is 1. The van der Waals surface area contributed by atoms with Crippen LogP contribution in [0.4, 0.5) is 0 Å². The van der Waals surface area contributed by atoms with Crippen LogP contribution < -0.4 is 0 Å². The molecule has 0 fully saturated rings. The van der Waals surface area contributed by atoms with Crippen molar-refractivity contribution in [1.29, 1.82) is 0 Å². The summed E-state index contributed by atoms with van der Waals surface area (Å²) < 4.78 is 5.21. The highest BCUT2D eigenvalue weighted by molar-refractivity contribution is 7.98. The van der Waals surface area contributed by atoms with E-state index in [4.69, 9.17) is 27.9 Å². The van der Waals surface area contributed by atoms with Crippen molar-refractivity contribution in [2.75, 3.05) is 6.26 Å². The van der Waals surface area contributed by atoms with E-state index in [1.54, 1.807) is 36.0 Å². The zero-order chi connectivity index (χ0) is 16.4. The molecule has 0 aliphatic carbocycles. The minimum Gasteiger partial charge on any atom is -0.402 e. The number of aliphatic imine (C=N–C) groups is 1. The second-order valence-corrected chi connectivity index (χ2v) is 6.43. The van der Waals surface area contributed by atoms with Gasteiger partial charge in [0.2, 0.25) is 5.90 Å². The Kier molecular flexibility index (Phi) is 4.76. The molecule has 0 aromatic heterocycles. The van der Waals surface area contributed by atoms with Crippen molar-refractivity contribution in [3.8, 4) is 0 Å². The Balaban J connectivity index is 1.90. The van der Waals surface area contributed by atoms with E-state index in [0.29, 0.717) is 15.6 Å². The Hall–Kier alpha value is -1.75. The first-order chi connectivity index (χ1) is 11.1. The summed E-state index contributed by atoms with van der Waals surface area (Å²) in [5, 5.41) is 0.818. The van der Waals surface area contributed by atoms with E-state index in [1.807, 2.05) is 30.5 Å². The summed E-state index contributed by atoms with van der Waals surface area (Å²) in [4.78, 5) is 17.4. The third kappa shape index (κ3) is 3.61. The molecule has 0 bridgehead atoms. The number of hydrogen-bond donors (Lipinski definition) is 0. The minimum absolute atomic E-state index is 0.223. The summed E-state index contributed by atoms with van der Waals surface area (Å²) in [5.74, 6) is -0.263. The highest BCUT2D eigenvalue weighted by Gasteiger charge is 2.24. The SMILES string of the molecule is CSc1ccc(C=C2N=C(c3ccc(Cl)c(Cl)c3)OC2=O)cc1. The van der Waals surface area contributed by atoms with Gasteiger partial charge < -0.3 is 4.74 Å². The fourth-order valence-electron chi connectivity index (χ4n) is 2.02. The lowest BCUT2D eigenvalue weighted by Gasteiger charge is -2.01. The number of carbonyl (C=O) groups excluding carboxylic acids is 1. The van der Waals surface area contributed by atoms with Crippen LogP contribution in [-0.4, -0.2) is 18.1 Å². The first kappa shape index (κ1) is 16.1. The molecule has 1 aliphatic rings. The predicted molar refractivity (Wildman–Crippen MR) is 95.3 cm³/mol. The van der Waals surface area contributed by atoms with Gasteiger partial charge in [-0.25, -0.2) is 9.79 Å². The maximum atomic E-state index is 12.0. The Labute approximate surface area is 148 Å². The summed E-state index contributed by atoms with van der Waals surface area (Å²) >= 11 is 13.5. The third-order valence-electron chi connectivity index (χ3n) is 3.21. The molecule has 3 rings (SSSR count). The maximum absolute atomic E-state index is 12.0. The Bertz CT molecular complexity index is 829. The normalized spacial score (nSPS) is 15.7. The van der Waals surface area contributed by atoms with Crippen LogP contribution >= 0.6 is 35.0 Å². The first-order valence-electron chi connectivity index (χ1n) is 6.69. The van der Waals surface area contributed by atoms with Crippen molar-refractivity contribution in [1.82, 2.24) is 0 Å². The Morgan fingerprint density at radius 1 is 1.09 bits per heavy atom. The van der Waals surface area contributed by atoms with Gasteiger partial charge in [0.25, 0.3) is 0 Å². The molecule has 0 saturated carbocycles. The average Bonchev–Trinajstić information content (AvgIpc) is 2.92. The van der Waals surface area contributed by atoms with Crippen LogP contribution in [0.1, 0.15) is 11.1 Å². The van der Waals surface area contributed by atoms with Gasteiger partial charge in [0.15, 0.2) is 5.70 Å². The molecule has 0 unspecified atom stereocenters. The number of ether oxygens (including phenoxy) is 1. The second-order valence-electron chi connectivity index (χ2n) is 4.74. The molecule has 0 radical (unpaired) electrons. The molecule has 116 valence electrons. The molecular weight excluding hydrogens is 353 g/mol. The Morgan fingerprint density at radius 2 is 1.83 bits per heavy atom. The van der Waals surface area contributed by atoms with Crippen molar-refractivity contribution in [2.45, 2.75) is 4.90 Å². The summed E-state index contributed by atoms with van der Waals surface area (Å²) in [6, 6.07) is 12.8. The molecule has 23 heavy (non-hydrogen) atoms. The topological polar surface area (TPSA) is 38.7 Å². The van der Waals surface area contributed by atoms with E-state index in [1.165, 1.54) is 0 Å². The van der Waals surface area contributed by atoms with Gasteiger partial charge in [-0.3, -0.25) is 0 Å². The van der Waals surface area contributed by atoms with Gasteiger partial charge in [0.05, 0.1) is 10.0 Å². The van der Waals surface area contributed by atoms with Crippen LogP contribution in [0.25, 0.3) is 6.08 Å². The summed E-state index contributed by atoms with van der Waals surface area (Å²) in [7, 11) is 0. The zero-order valence-corrected chi connectivity index (χ0v) is 14.4. The van der Waals surface area contributed by atoms with Crippen LogP contribution in [0.3, 0.4) is 0 Å². The lowest BCUT2D eigenvalue weighted by molar-refractivity contribution is -0.129. The van der Waals surface area contributed by atoms with Crippen molar-refractivity contribution in [3.05, 3.63) is 69.3 Å². The summed E-state index contributed by atoms with van der Waals surface area (Å²) in [6.07, 6.45) is 3.70. The average molecular weight is 364 g/mol. The minimum atomic E-state index is -0.486. The van der Waals surface area contributed by atoms with E-state index in [0.717, 1.165) is 10.5 Å². The van der Waals surface area contributed by atoms with Crippen LogP contribution in [-0.2, 0) is 9.53 Å². The second kappa shape index (κ2) is 6.79. The van der Waals surface area contributed by atoms with Gasteiger partial charge >= 0.3 is 5.97 Å². The molecule has 0 atom stereocenters. The van der Waals surface area contributed by atoms with Crippen LogP contribution in [0.15, 0.2) is 58.0 Å². The summed E-state index contributed by atoms with van der Waals surface area (Å²) in [6.45, 7) is 0. The van der Waals surface area contributed by atoms with E-state index in [2.05, 4.69) is 4.99 Å². The molecular formula is C17H11Cl2NO2S. The first-order valence-corrected chi connectivity index (χ1v) is 8.67. The van der Waals surface area contributed by atoms with Crippen LogP contribution in [0.5, 0.6) is 0 Å². The number of thioether (sulfide) groups is 1. The Morgan fingerprint density at radius 3 is 2.48 bits per heavy atom. The monoisotopic (exact) mass is 363 g/mol. The van der Waals surface area contributed by atoms with Gasteiger partial charge in [-0.1, -0.05) is 35.3 Å². The molecule has 0 saturated heterocycles. The summed E-state index contributed by atoms with van der Waals surface area (Å²) in [5.41, 5.74) is 1.74. The fourth-order valence-corrected chi connectivity index (χ4v) is 2.73. The number of benzene rings is 2. The van der Waals surface area contributed by atoms with Gasteiger partial charge in [0, 0.05) is 10.5 Å². The number of halogens is 2.